The lowest BCUT2D eigenvalue weighted by molar-refractivity contribution is -0.432. The molecule has 1 saturated heterocycles. The minimum absolute atomic E-state index is 0.00196. The Balaban J connectivity index is 1.47. The molecule has 0 bridgehead atoms. The third-order valence-electron chi connectivity index (χ3n) is 3.69. The van der Waals surface area contributed by atoms with Gasteiger partial charge in [-0.25, -0.2) is 10.1 Å². The third-order valence-corrected chi connectivity index (χ3v) is 3.69. The van der Waals surface area contributed by atoms with Crippen molar-refractivity contribution in [2.75, 3.05) is 25.1 Å². The Morgan fingerprint density at radius 3 is 2.75 bits per heavy atom. The Kier molecular flexibility index (Phi) is 5.44. The molecule has 0 radical (unpaired) electrons. The van der Waals surface area contributed by atoms with Gasteiger partial charge < -0.3 is 29.2 Å². The summed E-state index contributed by atoms with van der Waals surface area (Å²) in [4.78, 5) is 23.6. The fourth-order valence-electron chi connectivity index (χ4n) is 2.51. The van der Waals surface area contributed by atoms with Crippen LogP contribution in [0.5, 0.6) is 5.75 Å². The predicted octanol–water partition coefficient (Wildman–Crippen LogP) is 1.84. The molecule has 2 N–H and O–H groups in total. The molecule has 10 nitrogen and oxygen atoms in total. The van der Waals surface area contributed by atoms with Crippen LogP contribution >= 0.6 is 0 Å². The number of fused-ring (bicyclic) bond motifs is 1. The molecular formula is C15H15F3N4O6. The maximum absolute atomic E-state index is 12.1. The number of halogens is 3. The highest BCUT2D eigenvalue weighted by molar-refractivity contribution is 5.84. The van der Waals surface area contributed by atoms with Crippen LogP contribution in [0.1, 0.15) is 0 Å². The normalized spacial score (nSPS) is 21.2. The van der Waals surface area contributed by atoms with Gasteiger partial charge in [-0.15, -0.1) is 0 Å². The Hall–Kier alpha value is -3.22. The van der Waals surface area contributed by atoms with E-state index in [1.165, 1.54) is 35.4 Å². The summed E-state index contributed by atoms with van der Waals surface area (Å²) < 4.78 is 51.4. The number of hydrogen-bond donors (Lipinski definition) is 2. The van der Waals surface area contributed by atoms with Gasteiger partial charge in [0.25, 0.3) is 6.35 Å². The molecule has 1 unspecified atom stereocenters. The molecule has 2 heterocycles. The minimum atomic E-state index is -4.44. The number of anilines is 1. The Morgan fingerprint density at radius 2 is 2.11 bits per heavy atom. The highest BCUT2D eigenvalue weighted by Gasteiger charge is 2.39. The van der Waals surface area contributed by atoms with E-state index < -0.39 is 36.3 Å². The summed E-state index contributed by atoms with van der Waals surface area (Å²) in [5.41, 5.74) is 0.289. The zero-order valence-corrected chi connectivity index (χ0v) is 14.1. The van der Waals surface area contributed by atoms with Gasteiger partial charge in [0.1, 0.15) is 11.9 Å². The lowest BCUT2D eigenvalue weighted by Gasteiger charge is -2.32. The predicted molar refractivity (Wildman–Crippen MR) is 86.5 cm³/mol. The van der Waals surface area contributed by atoms with E-state index in [0.29, 0.717) is 0 Å². The molecule has 152 valence electrons. The van der Waals surface area contributed by atoms with Gasteiger partial charge in [0.05, 0.1) is 19.4 Å². The number of benzene rings is 1. The lowest BCUT2D eigenvalue weighted by Crippen LogP contribution is -2.51. The van der Waals surface area contributed by atoms with Gasteiger partial charge in [0.15, 0.2) is 6.61 Å². The van der Waals surface area contributed by atoms with Crippen LogP contribution in [-0.4, -0.2) is 54.3 Å². The van der Waals surface area contributed by atoms with E-state index in [0.717, 1.165) is 0 Å². The van der Waals surface area contributed by atoms with E-state index in [1.54, 1.807) is 0 Å². The van der Waals surface area contributed by atoms with E-state index in [2.05, 4.69) is 15.4 Å². The largest absolute Gasteiger partial charge is 0.484 e. The van der Waals surface area contributed by atoms with Gasteiger partial charge >= 0.3 is 18.1 Å². The molecule has 1 aromatic rings. The molecule has 0 aromatic heterocycles. The first-order chi connectivity index (χ1) is 13.2. The number of carbonyl (C=O) groups is 1. The van der Waals surface area contributed by atoms with Crippen molar-refractivity contribution in [2.45, 2.75) is 18.6 Å². The van der Waals surface area contributed by atoms with Crippen LogP contribution in [0, 0.1) is 10.1 Å². The zero-order valence-electron chi connectivity index (χ0n) is 14.1. The van der Waals surface area contributed by atoms with E-state index in [4.69, 9.17) is 9.47 Å². The standard InChI is InChI=1S/C15H15F3N4O6/c16-15(17,18)8-27-10-3-1-9(2-4-10)19-14(23)28-11-5-21-6-12(22(24)25)20-13(21)26-7-11/h1-4,6,11,13,20H,5,7-8H2,(H,19,23)/t11-,13?/m0/s1. The molecule has 13 heteroatoms. The molecule has 1 fully saturated rings. The summed E-state index contributed by atoms with van der Waals surface area (Å²) in [5.74, 6) is -0.221. The van der Waals surface area contributed by atoms with Crippen LogP contribution in [0.4, 0.5) is 23.7 Å². The Labute approximate surface area is 156 Å². The van der Waals surface area contributed by atoms with Crippen LogP contribution in [0.25, 0.3) is 0 Å². The average Bonchev–Trinajstić information content (AvgIpc) is 3.04. The number of alkyl halides is 3. The quantitative estimate of drug-likeness (QED) is 0.564. The smallest absolute Gasteiger partial charge is 0.422 e. The highest BCUT2D eigenvalue weighted by atomic mass is 19.4. The van der Waals surface area contributed by atoms with Crippen LogP contribution in [0.2, 0.25) is 0 Å². The van der Waals surface area contributed by atoms with E-state index in [-0.39, 0.29) is 30.4 Å². The van der Waals surface area contributed by atoms with E-state index in [9.17, 15) is 28.1 Å². The summed E-state index contributed by atoms with van der Waals surface area (Å²) in [7, 11) is 0. The molecule has 2 atom stereocenters. The van der Waals surface area contributed by atoms with Crippen molar-refractivity contribution in [2.24, 2.45) is 0 Å². The second-order valence-corrected chi connectivity index (χ2v) is 5.88. The molecule has 28 heavy (non-hydrogen) atoms. The van der Waals surface area contributed by atoms with Crippen LogP contribution < -0.4 is 15.4 Å². The monoisotopic (exact) mass is 404 g/mol. The summed E-state index contributed by atoms with van der Waals surface area (Å²) in [6, 6.07) is 5.26. The van der Waals surface area contributed by atoms with Crippen molar-refractivity contribution < 1.29 is 37.1 Å². The number of amides is 1. The topological polar surface area (TPSA) is 115 Å². The van der Waals surface area contributed by atoms with Crippen molar-refractivity contribution >= 4 is 11.8 Å². The van der Waals surface area contributed by atoms with Gasteiger partial charge in [-0.2, -0.15) is 13.2 Å². The Bertz CT molecular complexity index is 770. The number of ether oxygens (including phenoxy) is 3. The number of hydrogen-bond acceptors (Lipinski definition) is 8. The maximum atomic E-state index is 12.1. The molecule has 2 aliphatic heterocycles. The van der Waals surface area contributed by atoms with Crippen molar-refractivity contribution in [1.82, 2.24) is 10.2 Å². The zero-order chi connectivity index (χ0) is 20.3. The first-order valence-corrected chi connectivity index (χ1v) is 7.97. The van der Waals surface area contributed by atoms with Gasteiger partial charge in [-0.05, 0) is 29.2 Å². The van der Waals surface area contributed by atoms with Crippen molar-refractivity contribution in [1.29, 1.82) is 0 Å². The first-order valence-electron chi connectivity index (χ1n) is 7.97. The van der Waals surface area contributed by atoms with Gasteiger partial charge in [-0.3, -0.25) is 5.32 Å². The molecule has 1 amide bonds. The van der Waals surface area contributed by atoms with E-state index in [1.807, 2.05) is 0 Å². The molecule has 1 aromatic carbocycles. The minimum Gasteiger partial charge on any atom is -0.484 e. The SMILES string of the molecule is O=C(Nc1ccc(OCC(F)(F)F)cc1)O[C@@H]1COC2NC([N+](=O)[O-])=CN2C1. The summed E-state index contributed by atoms with van der Waals surface area (Å²) >= 11 is 0. The number of nitro groups is 1. The fourth-order valence-corrected chi connectivity index (χ4v) is 2.51. The van der Waals surface area contributed by atoms with Gasteiger partial charge in [-0.1, -0.05) is 0 Å². The molecule has 3 rings (SSSR count). The van der Waals surface area contributed by atoms with Crippen molar-refractivity contribution in [3.05, 3.63) is 46.4 Å². The van der Waals surface area contributed by atoms with Crippen molar-refractivity contribution in [3.63, 3.8) is 0 Å². The maximum Gasteiger partial charge on any atom is 0.422 e. The van der Waals surface area contributed by atoms with Gasteiger partial charge in [0, 0.05) is 5.69 Å². The number of rotatable bonds is 5. The lowest BCUT2D eigenvalue weighted by atomic mass is 10.3. The molecular weight excluding hydrogens is 389 g/mol. The highest BCUT2D eigenvalue weighted by Crippen LogP contribution is 2.21. The molecule has 0 aliphatic carbocycles. The fraction of sp³-hybridized carbons (Fsp3) is 0.400. The summed E-state index contributed by atoms with van der Waals surface area (Å²) in [6.07, 6.45) is -5.34. The second kappa shape index (κ2) is 7.80. The number of carbonyl (C=O) groups excluding carboxylic acids is 1. The number of nitrogens with one attached hydrogen (secondary N) is 2. The second-order valence-electron chi connectivity index (χ2n) is 5.88. The molecule has 0 spiro atoms. The van der Waals surface area contributed by atoms with Crippen LogP contribution in [0.3, 0.4) is 0 Å². The molecule has 2 aliphatic rings. The van der Waals surface area contributed by atoms with Crippen molar-refractivity contribution in [3.8, 4) is 5.75 Å². The number of nitrogens with zero attached hydrogens (tertiary/aromatic N) is 2. The van der Waals surface area contributed by atoms with Crippen LogP contribution in [0.15, 0.2) is 36.3 Å². The van der Waals surface area contributed by atoms with E-state index >= 15 is 0 Å². The third kappa shape index (κ3) is 5.16. The summed E-state index contributed by atoms with van der Waals surface area (Å²) in [6.45, 7) is -1.19. The molecule has 0 saturated carbocycles. The van der Waals surface area contributed by atoms with Crippen LogP contribution in [-0.2, 0) is 9.47 Å². The summed E-state index contributed by atoms with van der Waals surface area (Å²) in [5, 5.41) is 15.7. The van der Waals surface area contributed by atoms with Gasteiger partial charge in [0.2, 0.25) is 0 Å². The average molecular weight is 404 g/mol. The Morgan fingerprint density at radius 1 is 1.39 bits per heavy atom. The first kappa shape index (κ1) is 19.5.